The van der Waals surface area contributed by atoms with Gasteiger partial charge in [-0.25, -0.2) is 0 Å². The Balaban J connectivity index is 2.02. The van der Waals surface area contributed by atoms with Crippen molar-refractivity contribution in [3.05, 3.63) is 48.3 Å². The summed E-state index contributed by atoms with van der Waals surface area (Å²) in [6, 6.07) is 10.3. The number of methoxy groups -OCH3 is 3. The van der Waals surface area contributed by atoms with E-state index in [-0.39, 0.29) is 5.91 Å². The van der Waals surface area contributed by atoms with Gasteiger partial charge in [0.15, 0.2) is 11.5 Å². The van der Waals surface area contributed by atoms with Crippen molar-refractivity contribution in [2.24, 2.45) is 0 Å². The minimum absolute atomic E-state index is 0.317. The largest absolute Gasteiger partial charge is 0.497 e. The zero-order valence-corrected chi connectivity index (χ0v) is 14.5. The third kappa shape index (κ3) is 3.41. The first-order valence-electron chi connectivity index (χ1n) is 7.61. The molecule has 1 N–H and O–H groups in total. The van der Waals surface area contributed by atoms with Crippen LogP contribution in [0.2, 0.25) is 0 Å². The average molecular weight is 355 g/mol. The lowest BCUT2D eigenvalue weighted by atomic mass is 10.1. The number of aromatic nitrogens is 4. The number of benzene rings is 2. The fourth-order valence-corrected chi connectivity index (χ4v) is 2.41. The monoisotopic (exact) mass is 355 g/mol. The second-order valence-corrected chi connectivity index (χ2v) is 5.16. The topological polar surface area (TPSA) is 100 Å². The van der Waals surface area contributed by atoms with Crippen molar-refractivity contribution in [3.63, 3.8) is 0 Å². The number of carbonyl (C=O) groups excluding carboxylic acids is 1. The fraction of sp³-hybridized carbons (Fsp3) is 0.176. The summed E-state index contributed by atoms with van der Waals surface area (Å²) in [6.45, 7) is 0. The van der Waals surface area contributed by atoms with E-state index in [1.54, 1.807) is 43.5 Å². The smallest absolute Gasteiger partial charge is 0.258 e. The number of anilines is 1. The van der Waals surface area contributed by atoms with E-state index in [9.17, 15) is 4.79 Å². The lowest BCUT2D eigenvalue weighted by Crippen LogP contribution is -2.16. The van der Waals surface area contributed by atoms with Crippen LogP contribution in [0.4, 0.5) is 5.69 Å². The van der Waals surface area contributed by atoms with Crippen LogP contribution in [-0.2, 0) is 0 Å². The van der Waals surface area contributed by atoms with Gasteiger partial charge in [-0.05, 0) is 28.6 Å². The third-order valence-corrected chi connectivity index (χ3v) is 3.67. The van der Waals surface area contributed by atoms with E-state index in [4.69, 9.17) is 14.2 Å². The first-order chi connectivity index (χ1) is 12.7. The molecule has 1 amide bonds. The highest BCUT2D eigenvalue weighted by Crippen LogP contribution is 2.32. The van der Waals surface area contributed by atoms with Gasteiger partial charge in [-0.1, -0.05) is 6.07 Å². The van der Waals surface area contributed by atoms with Crippen LogP contribution in [0.3, 0.4) is 0 Å². The van der Waals surface area contributed by atoms with Crippen LogP contribution in [0, 0.1) is 0 Å². The molecule has 0 fully saturated rings. The number of hydrogen-bond donors (Lipinski definition) is 1. The molecule has 0 unspecified atom stereocenters. The number of nitrogens with one attached hydrogen (secondary N) is 1. The Labute approximate surface area is 149 Å². The number of amides is 1. The zero-order valence-electron chi connectivity index (χ0n) is 14.5. The number of tetrazole rings is 1. The molecule has 0 atom stereocenters. The van der Waals surface area contributed by atoms with E-state index in [1.807, 2.05) is 0 Å². The average Bonchev–Trinajstić information content (AvgIpc) is 3.21. The molecule has 1 heterocycles. The van der Waals surface area contributed by atoms with E-state index >= 15 is 0 Å². The summed E-state index contributed by atoms with van der Waals surface area (Å²) in [4.78, 5) is 12.9. The van der Waals surface area contributed by atoms with Crippen LogP contribution in [0.15, 0.2) is 42.7 Å². The molecule has 0 aliphatic heterocycles. The Hall–Kier alpha value is -3.62. The molecule has 3 aromatic rings. The quantitative estimate of drug-likeness (QED) is 0.721. The Bertz CT molecular complexity index is 912. The Morgan fingerprint density at radius 3 is 2.46 bits per heavy atom. The lowest BCUT2D eigenvalue weighted by Gasteiger charge is -2.14. The van der Waals surface area contributed by atoms with Crippen LogP contribution < -0.4 is 19.5 Å². The van der Waals surface area contributed by atoms with Crippen molar-refractivity contribution in [1.29, 1.82) is 0 Å². The Morgan fingerprint density at radius 2 is 1.81 bits per heavy atom. The standard InChI is InChI=1S/C17H17N5O4/c1-24-12-6-4-5-11(7-12)19-17(23)13-8-15(25-2)16(26-3)9-14(13)22-10-18-20-21-22/h4-10H,1-3H3,(H,19,23). The van der Waals surface area contributed by atoms with Crippen LogP contribution >= 0.6 is 0 Å². The lowest BCUT2D eigenvalue weighted by molar-refractivity contribution is 0.102. The van der Waals surface area contributed by atoms with Gasteiger partial charge in [0.25, 0.3) is 5.91 Å². The normalized spacial score (nSPS) is 10.3. The van der Waals surface area contributed by atoms with E-state index in [2.05, 4.69) is 20.8 Å². The second kappa shape index (κ2) is 7.51. The zero-order chi connectivity index (χ0) is 18.5. The van der Waals surface area contributed by atoms with Crippen molar-refractivity contribution in [2.75, 3.05) is 26.6 Å². The number of nitrogens with zero attached hydrogens (tertiary/aromatic N) is 4. The third-order valence-electron chi connectivity index (χ3n) is 3.67. The summed E-state index contributed by atoms with van der Waals surface area (Å²) in [5, 5.41) is 13.9. The molecule has 9 heteroatoms. The molecule has 0 saturated heterocycles. The molecule has 0 bridgehead atoms. The highest BCUT2D eigenvalue weighted by Gasteiger charge is 2.19. The molecule has 134 valence electrons. The number of hydrogen-bond acceptors (Lipinski definition) is 7. The fourth-order valence-electron chi connectivity index (χ4n) is 2.41. The highest BCUT2D eigenvalue weighted by atomic mass is 16.5. The molecule has 0 aliphatic rings. The van der Waals surface area contributed by atoms with E-state index in [0.29, 0.717) is 34.2 Å². The summed E-state index contributed by atoms with van der Waals surface area (Å²) in [5.41, 5.74) is 1.36. The van der Waals surface area contributed by atoms with Crippen LogP contribution in [0.1, 0.15) is 10.4 Å². The summed E-state index contributed by atoms with van der Waals surface area (Å²) < 4.78 is 17.2. The first-order valence-corrected chi connectivity index (χ1v) is 7.61. The molecule has 9 nitrogen and oxygen atoms in total. The molecule has 2 aromatic carbocycles. The van der Waals surface area contributed by atoms with Crippen molar-refractivity contribution < 1.29 is 19.0 Å². The van der Waals surface area contributed by atoms with Crippen LogP contribution in [0.5, 0.6) is 17.2 Å². The summed E-state index contributed by atoms with van der Waals surface area (Å²) >= 11 is 0. The molecule has 1 aromatic heterocycles. The van der Waals surface area contributed by atoms with Gasteiger partial charge in [0.1, 0.15) is 12.1 Å². The van der Waals surface area contributed by atoms with Crippen molar-refractivity contribution >= 4 is 11.6 Å². The van der Waals surface area contributed by atoms with Gasteiger partial charge in [-0.15, -0.1) is 5.10 Å². The van der Waals surface area contributed by atoms with Gasteiger partial charge in [-0.2, -0.15) is 4.68 Å². The molecule has 0 saturated carbocycles. The van der Waals surface area contributed by atoms with Crippen molar-refractivity contribution in [1.82, 2.24) is 20.2 Å². The minimum atomic E-state index is -0.357. The minimum Gasteiger partial charge on any atom is -0.497 e. The summed E-state index contributed by atoms with van der Waals surface area (Å²) in [6.07, 6.45) is 1.39. The summed E-state index contributed by atoms with van der Waals surface area (Å²) in [7, 11) is 4.57. The van der Waals surface area contributed by atoms with Crippen molar-refractivity contribution in [3.8, 4) is 22.9 Å². The van der Waals surface area contributed by atoms with Gasteiger partial charge >= 0.3 is 0 Å². The van der Waals surface area contributed by atoms with E-state index in [0.717, 1.165) is 0 Å². The van der Waals surface area contributed by atoms with Gasteiger partial charge in [0.05, 0.1) is 32.6 Å². The molecular weight excluding hydrogens is 338 g/mol. The van der Waals surface area contributed by atoms with Gasteiger partial charge in [0.2, 0.25) is 0 Å². The maximum absolute atomic E-state index is 12.9. The maximum atomic E-state index is 12.9. The SMILES string of the molecule is COc1cccc(NC(=O)c2cc(OC)c(OC)cc2-n2cnnn2)c1. The molecule has 0 aliphatic carbocycles. The molecule has 0 spiro atoms. The first kappa shape index (κ1) is 17.2. The number of ether oxygens (including phenoxy) is 3. The van der Waals surface area contributed by atoms with E-state index in [1.165, 1.54) is 25.2 Å². The van der Waals surface area contributed by atoms with Crippen LogP contribution in [0.25, 0.3) is 5.69 Å². The second-order valence-electron chi connectivity index (χ2n) is 5.16. The maximum Gasteiger partial charge on any atom is 0.258 e. The Kier molecular flexibility index (Phi) is 4.97. The van der Waals surface area contributed by atoms with E-state index < -0.39 is 0 Å². The predicted octanol–water partition coefficient (Wildman–Crippen LogP) is 1.94. The number of carbonyl (C=O) groups is 1. The summed E-state index contributed by atoms with van der Waals surface area (Å²) in [5.74, 6) is 1.15. The van der Waals surface area contributed by atoms with Crippen LogP contribution in [-0.4, -0.2) is 47.4 Å². The van der Waals surface area contributed by atoms with Crippen molar-refractivity contribution in [2.45, 2.75) is 0 Å². The Morgan fingerprint density at radius 1 is 1.04 bits per heavy atom. The predicted molar refractivity (Wildman–Crippen MR) is 93.2 cm³/mol. The molecular formula is C17H17N5O4. The van der Waals surface area contributed by atoms with Gasteiger partial charge in [-0.3, -0.25) is 4.79 Å². The molecule has 26 heavy (non-hydrogen) atoms. The highest BCUT2D eigenvalue weighted by molar-refractivity contribution is 6.07. The van der Waals surface area contributed by atoms with Gasteiger partial charge in [0, 0.05) is 17.8 Å². The molecule has 3 rings (SSSR count). The number of rotatable bonds is 6. The van der Waals surface area contributed by atoms with Gasteiger partial charge < -0.3 is 19.5 Å². The molecule has 0 radical (unpaired) electrons.